The second-order valence-electron chi connectivity index (χ2n) is 4.40. The van der Waals surface area contributed by atoms with E-state index in [4.69, 9.17) is 0 Å². The number of halogens is 12. The van der Waals surface area contributed by atoms with Crippen molar-refractivity contribution in [2.75, 3.05) is 26.9 Å². The Morgan fingerprint density at radius 1 is 0.708 bits per heavy atom. The molecule has 0 saturated carbocycles. The Kier molecular flexibility index (Phi) is 6.86. The molecule has 0 aromatic rings. The molecule has 0 bridgehead atoms. The van der Waals surface area contributed by atoms with E-state index in [9.17, 15) is 52.7 Å². The third-order valence-corrected chi connectivity index (χ3v) is 2.66. The van der Waals surface area contributed by atoms with Crippen LogP contribution in [-0.4, -0.2) is 63.0 Å². The Balaban J connectivity index is 5.64. The number of ether oxygens (including phenoxy) is 2. The molecule has 0 aliphatic rings. The summed E-state index contributed by atoms with van der Waals surface area (Å²) in [6, 6.07) is 0. The average molecular weight is 390 g/mol. The van der Waals surface area contributed by atoms with Gasteiger partial charge >= 0.3 is 36.0 Å². The first kappa shape index (κ1) is 23.1. The fourth-order valence-corrected chi connectivity index (χ4v) is 1.21. The van der Waals surface area contributed by atoms with Gasteiger partial charge in [-0.05, 0) is 0 Å². The van der Waals surface area contributed by atoms with Gasteiger partial charge in [0.15, 0.2) is 0 Å². The summed E-state index contributed by atoms with van der Waals surface area (Å²) in [5.41, 5.74) is 0. The van der Waals surface area contributed by atoms with Gasteiger partial charge in [-0.15, -0.1) is 0 Å². The molecule has 0 heterocycles. The zero-order valence-electron chi connectivity index (χ0n) is 11.6. The predicted molar refractivity (Wildman–Crippen MR) is 53.4 cm³/mol. The van der Waals surface area contributed by atoms with Crippen LogP contribution >= 0.6 is 0 Å². The standard InChI is InChI=1S/C10H10F12O2/c1-23-2-3-24-4-6(13,14)8(17,18)10(21,22)9(19,20)7(15,16)5(11)12/h5H,2-4H2,1H3. The number of hydrogen-bond donors (Lipinski definition) is 0. The molecule has 0 rings (SSSR count). The highest BCUT2D eigenvalue weighted by atomic mass is 19.4. The second kappa shape index (κ2) is 7.14. The number of hydrogen-bond acceptors (Lipinski definition) is 2. The Morgan fingerprint density at radius 2 is 1.17 bits per heavy atom. The van der Waals surface area contributed by atoms with E-state index in [0.29, 0.717) is 0 Å². The quantitative estimate of drug-likeness (QED) is 0.413. The van der Waals surface area contributed by atoms with E-state index in [2.05, 4.69) is 9.47 Å². The van der Waals surface area contributed by atoms with Gasteiger partial charge in [-0.3, -0.25) is 0 Å². The summed E-state index contributed by atoms with van der Waals surface area (Å²) in [6.07, 6.45) is -5.51. The summed E-state index contributed by atoms with van der Waals surface area (Å²) in [7, 11) is 1.01. The maximum Gasteiger partial charge on any atom is 0.384 e. The van der Waals surface area contributed by atoms with Gasteiger partial charge in [0, 0.05) is 7.11 Å². The number of alkyl halides is 12. The Hall–Kier alpha value is -0.920. The summed E-state index contributed by atoms with van der Waals surface area (Å²) in [5.74, 6) is -35.2. The molecule has 2 nitrogen and oxygen atoms in total. The van der Waals surface area contributed by atoms with Gasteiger partial charge in [0.25, 0.3) is 0 Å². The molecule has 0 unspecified atom stereocenters. The van der Waals surface area contributed by atoms with Gasteiger partial charge in [-0.1, -0.05) is 0 Å². The fourth-order valence-electron chi connectivity index (χ4n) is 1.21. The lowest BCUT2D eigenvalue weighted by molar-refractivity contribution is -0.415. The Labute approximate surface area is 126 Å². The van der Waals surface area contributed by atoms with E-state index in [0.717, 1.165) is 7.11 Å². The molecule has 0 aliphatic carbocycles. The van der Waals surface area contributed by atoms with Gasteiger partial charge in [-0.25, -0.2) is 8.78 Å². The zero-order valence-corrected chi connectivity index (χ0v) is 11.6. The molecule has 0 aliphatic heterocycles. The van der Waals surface area contributed by atoms with Crippen molar-refractivity contribution in [3.63, 3.8) is 0 Å². The number of methoxy groups -OCH3 is 1. The molecule has 0 fully saturated rings. The van der Waals surface area contributed by atoms with E-state index in [1.807, 2.05) is 0 Å². The SMILES string of the molecule is COCCOCC(F)(F)C(F)(F)C(F)(F)C(F)(F)C(F)(F)C(F)F. The molecule has 0 N–H and O–H groups in total. The lowest BCUT2D eigenvalue weighted by Crippen LogP contribution is -2.69. The molecule has 0 radical (unpaired) electrons. The lowest BCUT2D eigenvalue weighted by Gasteiger charge is -2.39. The summed E-state index contributed by atoms with van der Waals surface area (Å²) < 4.78 is 161. The van der Waals surface area contributed by atoms with E-state index in [1.54, 1.807) is 0 Å². The normalized spacial score (nSPS) is 15.2. The highest BCUT2D eigenvalue weighted by Gasteiger charge is 2.87. The molecular weight excluding hydrogens is 380 g/mol. The highest BCUT2D eigenvalue weighted by molar-refractivity contribution is 5.09. The Morgan fingerprint density at radius 3 is 1.54 bits per heavy atom. The maximum atomic E-state index is 13.1. The summed E-state index contributed by atoms with van der Waals surface area (Å²) in [4.78, 5) is 0. The van der Waals surface area contributed by atoms with E-state index in [-0.39, 0.29) is 0 Å². The van der Waals surface area contributed by atoms with Crippen LogP contribution in [0.2, 0.25) is 0 Å². The minimum atomic E-state index is -7.52. The van der Waals surface area contributed by atoms with Crippen molar-refractivity contribution in [2.45, 2.75) is 36.0 Å². The summed E-state index contributed by atoms with van der Waals surface area (Å²) in [6.45, 7) is -3.90. The molecule has 0 saturated heterocycles. The van der Waals surface area contributed by atoms with Crippen molar-refractivity contribution in [1.82, 2.24) is 0 Å². The van der Waals surface area contributed by atoms with E-state index >= 15 is 0 Å². The van der Waals surface area contributed by atoms with Gasteiger partial charge in [0.1, 0.15) is 6.61 Å². The molecule has 0 atom stereocenters. The van der Waals surface area contributed by atoms with Crippen molar-refractivity contribution in [1.29, 1.82) is 0 Å². The minimum absolute atomic E-state index is 0.475. The molecule has 14 heteroatoms. The van der Waals surface area contributed by atoms with Gasteiger partial charge < -0.3 is 9.47 Å². The average Bonchev–Trinajstić information content (AvgIpc) is 2.42. The van der Waals surface area contributed by atoms with Crippen molar-refractivity contribution in [3.05, 3.63) is 0 Å². The number of rotatable bonds is 10. The van der Waals surface area contributed by atoms with Crippen LogP contribution in [-0.2, 0) is 9.47 Å². The van der Waals surface area contributed by atoms with Crippen LogP contribution in [0.1, 0.15) is 0 Å². The smallest absolute Gasteiger partial charge is 0.382 e. The van der Waals surface area contributed by atoms with Gasteiger partial charge in [0.2, 0.25) is 0 Å². The third-order valence-electron chi connectivity index (χ3n) is 2.66. The predicted octanol–water partition coefficient (Wildman–Crippen LogP) is 4.09. The van der Waals surface area contributed by atoms with Crippen LogP contribution in [0, 0.1) is 0 Å². The van der Waals surface area contributed by atoms with Crippen LogP contribution in [0.25, 0.3) is 0 Å². The first-order chi connectivity index (χ1) is 10.5. The molecule has 0 aromatic carbocycles. The zero-order chi connectivity index (χ0) is 19.6. The monoisotopic (exact) mass is 390 g/mol. The summed E-state index contributed by atoms with van der Waals surface area (Å²) in [5, 5.41) is 0. The largest absolute Gasteiger partial charge is 0.384 e. The topological polar surface area (TPSA) is 18.5 Å². The maximum absolute atomic E-state index is 13.1. The minimum Gasteiger partial charge on any atom is -0.382 e. The fraction of sp³-hybridized carbons (Fsp3) is 1.00. The van der Waals surface area contributed by atoms with Gasteiger partial charge in [-0.2, -0.15) is 43.9 Å². The molecular formula is C10H10F12O2. The molecule has 146 valence electrons. The molecule has 24 heavy (non-hydrogen) atoms. The highest BCUT2D eigenvalue weighted by Crippen LogP contribution is 2.58. The van der Waals surface area contributed by atoms with E-state index < -0.39 is 55.9 Å². The van der Waals surface area contributed by atoms with Crippen LogP contribution < -0.4 is 0 Å². The Bertz CT molecular complexity index is 409. The van der Waals surface area contributed by atoms with Crippen molar-refractivity contribution < 1.29 is 62.2 Å². The third kappa shape index (κ3) is 3.68. The van der Waals surface area contributed by atoms with Crippen LogP contribution in [0.4, 0.5) is 52.7 Å². The first-order valence-corrected chi connectivity index (χ1v) is 5.74. The van der Waals surface area contributed by atoms with Crippen LogP contribution in [0.15, 0.2) is 0 Å². The van der Waals surface area contributed by atoms with Crippen LogP contribution in [0.3, 0.4) is 0 Å². The summed E-state index contributed by atoms with van der Waals surface area (Å²) >= 11 is 0. The van der Waals surface area contributed by atoms with Crippen LogP contribution in [0.5, 0.6) is 0 Å². The lowest BCUT2D eigenvalue weighted by atomic mass is 9.94. The second-order valence-corrected chi connectivity index (χ2v) is 4.40. The van der Waals surface area contributed by atoms with Crippen molar-refractivity contribution in [2.24, 2.45) is 0 Å². The van der Waals surface area contributed by atoms with Crippen molar-refractivity contribution >= 4 is 0 Å². The molecule has 0 amide bonds. The van der Waals surface area contributed by atoms with Gasteiger partial charge in [0.05, 0.1) is 13.2 Å². The molecule has 0 aromatic heterocycles. The molecule has 0 spiro atoms. The van der Waals surface area contributed by atoms with Crippen molar-refractivity contribution in [3.8, 4) is 0 Å². The first-order valence-electron chi connectivity index (χ1n) is 5.74. The van der Waals surface area contributed by atoms with E-state index in [1.165, 1.54) is 0 Å².